The van der Waals surface area contributed by atoms with Gasteiger partial charge >= 0.3 is 0 Å². The van der Waals surface area contributed by atoms with Crippen LogP contribution in [0.25, 0.3) is 26.2 Å². The van der Waals surface area contributed by atoms with Gasteiger partial charge < -0.3 is 4.90 Å². The largest absolute Gasteiger partial charge is 0.337 e. The molecule has 0 unspecified atom stereocenters. The Morgan fingerprint density at radius 2 is 2.00 bits per heavy atom. The average molecular weight is 432 g/mol. The molecule has 0 aliphatic carbocycles. The molecule has 6 nitrogen and oxygen atoms in total. The van der Waals surface area contributed by atoms with Crippen molar-refractivity contribution in [2.24, 2.45) is 0 Å². The highest BCUT2D eigenvalue weighted by Gasteiger charge is 2.17. The van der Waals surface area contributed by atoms with Gasteiger partial charge in [-0.25, -0.2) is 4.68 Å². The fourth-order valence-corrected chi connectivity index (χ4v) is 5.15. The summed E-state index contributed by atoms with van der Waals surface area (Å²) < 4.78 is 2.79. The number of carbonyl (C=O) groups is 1. The Kier molecular flexibility index (Phi) is 4.86. The third kappa shape index (κ3) is 3.62. The molecular weight excluding hydrogens is 414 g/mol. The van der Waals surface area contributed by atoms with Gasteiger partial charge in [0.2, 0.25) is 0 Å². The first-order valence-corrected chi connectivity index (χ1v) is 11.0. The second-order valence-corrected chi connectivity index (χ2v) is 9.03. The van der Waals surface area contributed by atoms with E-state index in [1.54, 1.807) is 32.3 Å². The first-order valence-electron chi connectivity index (χ1n) is 9.32. The first-order chi connectivity index (χ1) is 14.7. The number of hydrogen-bond donors (Lipinski definition) is 0. The van der Waals surface area contributed by atoms with Crippen molar-refractivity contribution in [3.8, 4) is 16.1 Å². The molecule has 1 amide bonds. The summed E-state index contributed by atoms with van der Waals surface area (Å²) in [4.78, 5) is 17.2. The van der Waals surface area contributed by atoms with Crippen molar-refractivity contribution in [3.63, 3.8) is 0 Å². The fourth-order valence-electron chi connectivity index (χ4n) is 3.34. The minimum atomic E-state index is -0.0410. The summed E-state index contributed by atoms with van der Waals surface area (Å²) in [5.41, 5.74) is 2.33. The van der Waals surface area contributed by atoms with E-state index in [-0.39, 0.29) is 5.91 Å². The van der Waals surface area contributed by atoms with E-state index < -0.39 is 0 Å². The van der Waals surface area contributed by atoms with E-state index in [4.69, 9.17) is 0 Å². The van der Waals surface area contributed by atoms with Gasteiger partial charge in [-0.05, 0) is 63.2 Å². The quantitative estimate of drug-likeness (QED) is 0.398. The summed E-state index contributed by atoms with van der Waals surface area (Å²) in [6.07, 6.45) is 1.54. The van der Waals surface area contributed by atoms with Crippen molar-refractivity contribution in [1.82, 2.24) is 25.1 Å². The number of nitrogens with zero attached hydrogens (tertiary/aromatic N) is 5. The lowest BCUT2D eigenvalue weighted by atomic mass is 10.1. The molecule has 3 aromatic heterocycles. The van der Waals surface area contributed by atoms with Crippen LogP contribution in [0.3, 0.4) is 0 Å². The predicted molar refractivity (Wildman–Crippen MR) is 120 cm³/mol. The lowest BCUT2D eigenvalue weighted by Gasteiger charge is -2.17. The minimum Gasteiger partial charge on any atom is -0.337 e. The zero-order valence-corrected chi connectivity index (χ0v) is 17.7. The molecule has 3 heterocycles. The molecule has 30 heavy (non-hydrogen) atoms. The highest BCUT2D eigenvalue weighted by atomic mass is 32.1. The van der Waals surface area contributed by atoms with Gasteiger partial charge in [-0.1, -0.05) is 24.3 Å². The van der Waals surface area contributed by atoms with E-state index in [9.17, 15) is 4.79 Å². The van der Waals surface area contributed by atoms with Crippen molar-refractivity contribution in [1.29, 1.82) is 0 Å². The lowest BCUT2D eigenvalue weighted by molar-refractivity contribution is 0.0786. The van der Waals surface area contributed by atoms with Crippen molar-refractivity contribution in [2.45, 2.75) is 6.54 Å². The summed E-state index contributed by atoms with van der Waals surface area (Å²) in [5.74, 6) is -0.0410. The number of hydrogen-bond acceptors (Lipinski definition) is 6. The van der Waals surface area contributed by atoms with Gasteiger partial charge in [0.15, 0.2) is 0 Å². The molecule has 0 aliphatic rings. The molecule has 5 rings (SSSR count). The number of amides is 1. The molecule has 0 radical (unpaired) electrons. The van der Waals surface area contributed by atoms with Crippen LogP contribution in [0.15, 0.2) is 72.4 Å². The van der Waals surface area contributed by atoms with Crippen LogP contribution in [0.1, 0.15) is 15.2 Å². The molecule has 0 N–H and O–H groups in total. The van der Waals surface area contributed by atoms with Crippen LogP contribution >= 0.6 is 22.7 Å². The Hall–Kier alpha value is -3.36. The zero-order chi connectivity index (χ0) is 20.5. The Labute approximate surface area is 181 Å². The van der Waals surface area contributed by atoms with Crippen molar-refractivity contribution in [2.75, 3.05) is 7.05 Å². The smallest absolute Gasteiger partial charge is 0.254 e. The summed E-state index contributed by atoms with van der Waals surface area (Å²) in [6.45, 7) is 0.573. The highest BCUT2D eigenvalue weighted by Crippen LogP contribution is 2.35. The topological polar surface area (TPSA) is 63.9 Å². The molecule has 0 saturated carbocycles. The summed E-state index contributed by atoms with van der Waals surface area (Å²) in [6, 6.07) is 20.3. The summed E-state index contributed by atoms with van der Waals surface area (Å²) >= 11 is 3.35. The highest BCUT2D eigenvalue weighted by molar-refractivity contribution is 7.22. The second-order valence-electron chi connectivity index (χ2n) is 6.91. The van der Waals surface area contributed by atoms with Crippen LogP contribution in [-0.2, 0) is 6.54 Å². The number of benzene rings is 2. The molecule has 0 saturated heterocycles. The van der Waals surface area contributed by atoms with E-state index in [1.165, 1.54) is 16.4 Å². The zero-order valence-electron chi connectivity index (χ0n) is 16.1. The van der Waals surface area contributed by atoms with Gasteiger partial charge in [0.1, 0.15) is 6.33 Å². The Balaban J connectivity index is 1.57. The molecule has 0 aliphatic heterocycles. The molecule has 5 aromatic rings. The van der Waals surface area contributed by atoms with Crippen molar-refractivity contribution < 1.29 is 4.79 Å². The Morgan fingerprint density at radius 3 is 2.77 bits per heavy atom. The van der Waals surface area contributed by atoms with Gasteiger partial charge in [0, 0.05) is 27.1 Å². The number of fused-ring (bicyclic) bond motifs is 1. The maximum absolute atomic E-state index is 13.2. The van der Waals surface area contributed by atoms with Crippen molar-refractivity contribution >= 4 is 38.7 Å². The van der Waals surface area contributed by atoms with Crippen molar-refractivity contribution in [3.05, 3.63) is 82.8 Å². The molecule has 0 spiro atoms. The normalized spacial score (nSPS) is 11.1. The van der Waals surface area contributed by atoms with Gasteiger partial charge in [-0.2, -0.15) is 0 Å². The summed E-state index contributed by atoms with van der Waals surface area (Å²) in [7, 11) is 1.82. The molecule has 0 fully saturated rings. The monoisotopic (exact) mass is 431 g/mol. The molecule has 0 bridgehead atoms. The summed E-state index contributed by atoms with van der Waals surface area (Å²) in [5, 5.41) is 14.7. The van der Waals surface area contributed by atoms with Gasteiger partial charge in [-0.3, -0.25) is 4.79 Å². The van der Waals surface area contributed by atoms with Crippen LogP contribution < -0.4 is 0 Å². The third-order valence-electron chi connectivity index (χ3n) is 4.81. The molecular formula is C22H17N5OS2. The van der Waals surface area contributed by atoms with Crippen LogP contribution in [0.5, 0.6) is 0 Å². The second kappa shape index (κ2) is 7.81. The minimum absolute atomic E-state index is 0.0410. The Bertz CT molecular complexity index is 1280. The molecule has 2 aromatic carbocycles. The maximum Gasteiger partial charge on any atom is 0.254 e. The number of thiophene rings is 2. The number of rotatable bonds is 5. The number of aromatic nitrogens is 4. The number of carbonyl (C=O) groups excluding carboxylic acids is 1. The van der Waals surface area contributed by atoms with Crippen LogP contribution in [0.2, 0.25) is 0 Å². The SMILES string of the molecule is CN(Cc1cccs1)C(=O)c1cc(-c2cc3ccccc3s2)cc(-n2cnnn2)c1. The lowest BCUT2D eigenvalue weighted by Crippen LogP contribution is -2.26. The predicted octanol–water partition coefficient (Wildman–Crippen LogP) is 4.88. The first kappa shape index (κ1) is 18.7. The van der Waals surface area contributed by atoms with Gasteiger partial charge in [-0.15, -0.1) is 27.8 Å². The third-order valence-corrected chi connectivity index (χ3v) is 6.83. The fraction of sp³-hybridized carbons (Fsp3) is 0.0909. The molecule has 8 heteroatoms. The van der Waals surface area contributed by atoms with Crippen LogP contribution in [0, 0.1) is 0 Å². The van der Waals surface area contributed by atoms with E-state index in [2.05, 4.69) is 33.7 Å². The number of tetrazole rings is 1. The van der Waals surface area contributed by atoms with Gasteiger partial charge in [0.25, 0.3) is 5.91 Å². The van der Waals surface area contributed by atoms with E-state index >= 15 is 0 Å². The average Bonchev–Trinajstić information content (AvgIpc) is 3.54. The Morgan fingerprint density at radius 1 is 1.10 bits per heavy atom. The van der Waals surface area contributed by atoms with Crippen LogP contribution in [-0.4, -0.2) is 38.1 Å². The van der Waals surface area contributed by atoms with Crippen LogP contribution in [0.4, 0.5) is 0 Å². The molecule has 148 valence electrons. The van der Waals surface area contributed by atoms with E-state index in [1.807, 2.05) is 54.9 Å². The molecule has 0 atom stereocenters. The standard InChI is InChI=1S/C22H17N5OS2/c1-26(13-19-6-4-8-29-19)22(28)17-9-16(10-18(11-17)27-14-23-24-25-27)21-12-15-5-2-3-7-20(15)30-21/h2-12,14H,13H2,1H3. The van der Waals surface area contributed by atoms with E-state index in [0.29, 0.717) is 12.1 Å². The van der Waals surface area contributed by atoms with E-state index in [0.717, 1.165) is 21.0 Å². The van der Waals surface area contributed by atoms with Gasteiger partial charge in [0.05, 0.1) is 12.2 Å². The maximum atomic E-state index is 13.2.